The third-order valence-corrected chi connectivity index (χ3v) is 5.13. The Morgan fingerprint density at radius 1 is 1.53 bits per heavy atom. The van der Waals surface area contributed by atoms with Crippen molar-refractivity contribution in [2.24, 2.45) is 5.73 Å². The zero-order valence-electron chi connectivity index (χ0n) is 10.3. The minimum atomic E-state index is -3.85. The Bertz CT molecular complexity index is 578. The Kier molecular flexibility index (Phi) is 5.66. The zero-order chi connectivity index (χ0) is 14.6. The molecule has 1 aromatic carbocycles. The number of benzene rings is 1. The molecule has 0 amide bonds. The topological polar surface area (TPSA) is 63.4 Å². The molecule has 0 aliphatic heterocycles. The summed E-state index contributed by atoms with van der Waals surface area (Å²) in [6, 6.07) is 3.22. The number of rotatable bonds is 6. The molecule has 19 heavy (non-hydrogen) atoms. The highest BCUT2D eigenvalue weighted by Crippen LogP contribution is 2.25. The van der Waals surface area contributed by atoms with Gasteiger partial charge in [0.2, 0.25) is 10.0 Å². The maximum atomic E-state index is 13.2. The molecule has 106 valence electrons. The maximum absolute atomic E-state index is 13.2. The molecule has 0 aromatic heterocycles. The molecule has 1 aromatic rings. The SMILES string of the molecule is CCN(CCC(N)=S)S(=O)(=O)c1cc(F)ccc1Cl. The fourth-order valence-corrected chi connectivity index (χ4v) is 3.52. The van der Waals surface area contributed by atoms with Crippen LogP contribution in [-0.4, -0.2) is 30.8 Å². The number of hydrogen-bond donors (Lipinski definition) is 1. The molecule has 0 bridgehead atoms. The van der Waals surface area contributed by atoms with Crippen LogP contribution in [0.3, 0.4) is 0 Å². The number of nitrogens with zero attached hydrogens (tertiary/aromatic N) is 1. The van der Waals surface area contributed by atoms with Crippen LogP contribution in [0.25, 0.3) is 0 Å². The second-order valence-electron chi connectivity index (χ2n) is 3.79. The van der Waals surface area contributed by atoms with Crippen molar-refractivity contribution in [1.29, 1.82) is 0 Å². The molecule has 0 unspecified atom stereocenters. The van der Waals surface area contributed by atoms with Crippen LogP contribution in [0.2, 0.25) is 5.02 Å². The lowest BCUT2D eigenvalue weighted by atomic mass is 10.3. The van der Waals surface area contributed by atoms with Crippen molar-refractivity contribution >= 4 is 38.8 Å². The van der Waals surface area contributed by atoms with E-state index in [-0.39, 0.29) is 34.4 Å². The van der Waals surface area contributed by atoms with Crippen LogP contribution in [0.5, 0.6) is 0 Å². The van der Waals surface area contributed by atoms with Crippen molar-refractivity contribution in [2.75, 3.05) is 13.1 Å². The van der Waals surface area contributed by atoms with Crippen LogP contribution in [0.1, 0.15) is 13.3 Å². The average molecular weight is 325 g/mol. The summed E-state index contributed by atoms with van der Waals surface area (Å²) < 4.78 is 39.0. The third-order valence-electron chi connectivity index (χ3n) is 2.47. The first-order valence-electron chi connectivity index (χ1n) is 5.52. The highest BCUT2D eigenvalue weighted by Gasteiger charge is 2.25. The predicted molar refractivity (Wildman–Crippen MR) is 77.2 cm³/mol. The van der Waals surface area contributed by atoms with Gasteiger partial charge in [0.25, 0.3) is 0 Å². The van der Waals surface area contributed by atoms with Gasteiger partial charge in [0.1, 0.15) is 10.7 Å². The summed E-state index contributed by atoms with van der Waals surface area (Å²) in [6.07, 6.45) is 0.259. The van der Waals surface area contributed by atoms with Gasteiger partial charge in [0.05, 0.1) is 10.0 Å². The van der Waals surface area contributed by atoms with Gasteiger partial charge in [-0.2, -0.15) is 4.31 Å². The molecule has 0 spiro atoms. The zero-order valence-corrected chi connectivity index (χ0v) is 12.7. The summed E-state index contributed by atoms with van der Waals surface area (Å²) >= 11 is 10.5. The van der Waals surface area contributed by atoms with E-state index in [0.717, 1.165) is 16.4 Å². The van der Waals surface area contributed by atoms with Crippen LogP contribution in [-0.2, 0) is 10.0 Å². The lowest BCUT2D eigenvalue weighted by Gasteiger charge is -2.20. The molecular formula is C11H14ClFN2O2S2. The molecule has 0 saturated carbocycles. The van der Waals surface area contributed by atoms with E-state index in [4.69, 9.17) is 29.6 Å². The number of hydrogen-bond acceptors (Lipinski definition) is 3. The third kappa shape index (κ3) is 4.10. The Labute approximate surface area is 122 Å². The van der Waals surface area contributed by atoms with Gasteiger partial charge in [-0.05, 0) is 18.2 Å². The van der Waals surface area contributed by atoms with Crippen LogP contribution in [0.15, 0.2) is 23.1 Å². The lowest BCUT2D eigenvalue weighted by molar-refractivity contribution is 0.437. The van der Waals surface area contributed by atoms with Crippen molar-refractivity contribution in [1.82, 2.24) is 4.31 Å². The molecule has 0 atom stereocenters. The monoisotopic (exact) mass is 324 g/mol. The van der Waals surface area contributed by atoms with Crippen LogP contribution >= 0.6 is 23.8 Å². The summed E-state index contributed by atoms with van der Waals surface area (Å²) in [5.41, 5.74) is 5.36. The molecule has 8 heteroatoms. The van der Waals surface area contributed by atoms with E-state index in [1.165, 1.54) is 6.07 Å². The lowest BCUT2D eigenvalue weighted by Crippen LogP contribution is -2.33. The smallest absolute Gasteiger partial charge is 0.244 e. The molecule has 0 radical (unpaired) electrons. The molecule has 0 aliphatic carbocycles. The number of sulfonamides is 1. The Morgan fingerprint density at radius 3 is 2.68 bits per heavy atom. The Balaban J connectivity index is 3.13. The summed E-state index contributed by atoms with van der Waals surface area (Å²) in [4.78, 5) is -0.0297. The largest absolute Gasteiger partial charge is 0.393 e. The first-order valence-corrected chi connectivity index (χ1v) is 7.75. The second-order valence-corrected chi connectivity index (χ2v) is 6.63. The van der Waals surface area contributed by atoms with E-state index >= 15 is 0 Å². The minimum Gasteiger partial charge on any atom is -0.393 e. The van der Waals surface area contributed by atoms with Gasteiger partial charge in [0.15, 0.2) is 0 Å². The second kappa shape index (κ2) is 6.60. The average Bonchev–Trinajstić information content (AvgIpc) is 2.32. The van der Waals surface area contributed by atoms with Gasteiger partial charge >= 0.3 is 0 Å². The highest BCUT2D eigenvalue weighted by molar-refractivity contribution is 7.89. The van der Waals surface area contributed by atoms with Gasteiger partial charge in [-0.1, -0.05) is 30.7 Å². The van der Waals surface area contributed by atoms with Crippen molar-refractivity contribution < 1.29 is 12.8 Å². The first kappa shape index (κ1) is 16.3. The van der Waals surface area contributed by atoms with Gasteiger partial charge in [-0.15, -0.1) is 0 Å². The standard InChI is InChI=1S/C11H14ClFN2O2S2/c1-2-15(6-5-11(14)18)19(16,17)10-7-8(13)3-4-9(10)12/h3-4,7H,2,5-6H2,1H3,(H2,14,18). The van der Waals surface area contributed by atoms with Gasteiger partial charge in [-0.25, -0.2) is 12.8 Å². The number of nitrogens with two attached hydrogens (primary N) is 1. The van der Waals surface area contributed by atoms with E-state index in [9.17, 15) is 12.8 Å². The van der Waals surface area contributed by atoms with E-state index in [1.54, 1.807) is 6.92 Å². The summed E-state index contributed by atoms with van der Waals surface area (Å²) in [6.45, 7) is 2.03. The van der Waals surface area contributed by atoms with E-state index < -0.39 is 15.8 Å². The Morgan fingerprint density at radius 2 is 2.16 bits per heavy atom. The fraction of sp³-hybridized carbons (Fsp3) is 0.364. The van der Waals surface area contributed by atoms with Crippen molar-refractivity contribution in [3.63, 3.8) is 0 Å². The van der Waals surface area contributed by atoms with Gasteiger partial charge < -0.3 is 5.73 Å². The molecule has 0 heterocycles. The molecule has 2 N–H and O–H groups in total. The Hall–Kier alpha value is -0.760. The van der Waals surface area contributed by atoms with Crippen LogP contribution < -0.4 is 5.73 Å². The van der Waals surface area contributed by atoms with Crippen molar-refractivity contribution in [3.05, 3.63) is 29.0 Å². The van der Waals surface area contributed by atoms with Crippen molar-refractivity contribution in [3.8, 4) is 0 Å². The summed E-state index contributed by atoms with van der Waals surface area (Å²) in [5.74, 6) is -0.659. The summed E-state index contributed by atoms with van der Waals surface area (Å²) in [7, 11) is -3.85. The predicted octanol–water partition coefficient (Wildman–Crippen LogP) is 2.17. The van der Waals surface area contributed by atoms with E-state index in [2.05, 4.69) is 0 Å². The fourth-order valence-electron chi connectivity index (χ4n) is 1.50. The quantitative estimate of drug-likeness (QED) is 0.815. The normalized spacial score (nSPS) is 11.8. The van der Waals surface area contributed by atoms with Crippen LogP contribution in [0, 0.1) is 5.82 Å². The maximum Gasteiger partial charge on any atom is 0.244 e. The molecular weight excluding hydrogens is 311 g/mol. The summed E-state index contributed by atoms with van der Waals surface area (Å²) in [5, 5.41) is -0.0184. The van der Waals surface area contributed by atoms with Crippen LogP contribution in [0.4, 0.5) is 4.39 Å². The molecule has 0 aliphatic rings. The van der Waals surface area contributed by atoms with Gasteiger partial charge in [-0.3, -0.25) is 0 Å². The van der Waals surface area contributed by atoms with Crippen molar-refractivity contribution in [2.45, 2.75) is 18.2 Å². The number of thiocarbonyl (C=S) groups is 1. The van der Waals surface area contributed by atoms with E-state index in [1.807, 2.05) is 0 Å². The first-order chi connectivity index (χ1) is 8.78. The van der Waals surface area contributed by atoms with E-state index in [0.29, 0.717) is 0 Å². The minimum absolute atomic E-state index is 0.0184. The molecule has 0 fully saturated rings. The number of halogens is 2. The molecule has 0 saturated heterocycles. The molecule has 1 rings (SSSR count). The molecule has 4 nitrogen and oxygen atoms in total. The highest BCUT2D eigenvalue weighted by atomic mass is 35.5. The van der Waals surface area contributed by atoms with Gasteiger partial charge in [0, 0.05) is 19.5 Å².